The van der Waals surface area contributed by atoms with Crippen molar-refractivity contribution >= 4 is 8.25 Å². The van der Waals surface area contributed by atoms with Crippen molar-refractivity contribution in [1.29, 1.82) is 0 Å². The summed E-state index contributed by atoms with van der Waals surface area (Å²) in [6.07, 6.45) is 0.788. The van der Waals surface area contributed by atoms with Gasteiger partial charge in [-0.15, -0.1) is 13.2 Å². The lowest BCUT2D eigenvalue weighted by molar-refractivity contribution is 0.224. The fraction of sp³-hybridized carbons (Fsp3) is 0.111. The molecule has 2 aromatic carbocycles. The maximum Gasteiger partial charge on any atom is 0.805 e. The third kappa shape index (κ3) is 4.30. The minimum absolute atomic E-state index is 0.229. The van der Waals surface area contributed by atoms with Crippen molar-refractivity contribution in [3.8, 4) is 11.5 Å². The smallest absolute Gasteiger partial charge is 0.384 e. The van der Waals surface area contributed by atoms with Gasteiger partial charge in [0.25, 0.3) is 0 Å². The van der Waals surface area contributed by atoms with Gasteiger partial charge in [0, 0.05) is 15.7 Å². The first-order chi connectivity index (χ1) is 11.6. The van der Waals surface area contributed by atoms with Crippen molar-refractivity contribution in [1.82, 2.24) is 0 Å². The van der Waals surface area contributed by atoms with Crippen molar-refractivity contribution < 1.29 is 23.8 Å². The molecule has 0 amide bonds. The molecule has 0 spiro atoms. The average molecular weight is 345 g/mol. The number of hydrogen-bond donors (Lipinski definition) is 2. The number of rotatable bonds is 8. The zero-order valence-corrected chi connectivity index (χ0v) is 13.8. The molecule has 0 aliphatic carbocycles. The van der Waals surface area contributed by atoms with E-state index in [0.29, 0.717) is 11.1 Å². The maximum atomic E-state index is 12.2. The van der Waals surface area contributed by atoms with E-state index in [1.807, 2.05) is 0 Å². The number of aliphatic hydroxyl groups excluding tert-OH is 2. The third-order valence-corrected chi connectivity index (χ3v) is 3.96. The summed E-state index contributed by atoms with van der Waals surface area (Å²) in [5.74, 6) is 0.459. The second-order valence-electron chi connectivity index (χ2n) is 4.84. The summed E-state index contributed by atoms with van der Waals surface area (Å²) < 4.78 is 22.8. The van der Waals surface area contributed by atoms with Crippen LogP contribution in [0.15, 0.2) is 73.8 Å². The van der Waals surface area contributed by atoms with Crippen LogP contribution in [0, 0.1) is 0 Å². The van der Waals surface area contributed by atoms with Gasteiger partial charge in [-0.05, 0) is 12.1 Å². The topological polar surface area (TPSA) is 76.0 Å². The lowest BCUT2D eigenvalue weighted by atomic mass is 10.1. The van der Waals surface area contributed by atoms with Crippen LogP contribution in [0.5, 0.6) is 11.5 Å². The van der Waals surface area contributed by atoms with E-state index in [4.69, 9.17) is 9.05 Å². The molecule has 2 aromatic rings. The first-order valence-corrected chi connectivity index (χ1v) is 8.28. The van der Waals surface area contributed by atoms with Gasteiger partial charge in [-0.3, -0.25) is 0 Å². The van der Waals surface area contributed by atoms with Crippen LogP contribution in [-0.4, -0.2) is 10.2 Å². The van der Waals surface area contributed by atoms with E-state index in [-0.39, 0.29) is 11.5 Å². The summed E-state index contributed by atoms with van der Waals surface area (Å²) in [6, 6.07) is 13.2. The minimum atomic E-state index is -2.57. The molecule has 2 atom stereocenters. The number of para-hydroxylation sites is 2. The average Bonchev–Trinajstić information content (AvgIpc) is 2.61. The number of hydrogen-bond acceptors (Lipinski definition) is 5. The van der Waals surface area contributed by atoms with E-state index in [0.717, 1.165) is 0 Å². The number of aliphatic hydroxyl groups is 2. The Hall–Kier alpha value is -2.46. The molecular formula is C18H18O5P+. The van der Waals surface area contributed by atoms with Gasteiger partial charge in [-0.1, -0.05) is 48.6 Å². The molecule has 0 fully saturated rings. The SMILES string of the molecule is C=CC(O)c1ccccc1O[P+](=O)Oc1ccccc1C(O)C=C. The molecule has 0 radical (unpaired) electrons. The largest absolute Gasteiger partial charge is 0.805 e. The van der Waals surface area contributed by atoms with Crippen molar-refractivity contribution in [2.24, 2.45) is 0 Å². The molecule has 0 aliphatic rings. The van der Waals surface area contributed by atoms with Crippen molar-refractivity contribution in [2.45, 2.75) is 12.2 Å². The van der Waals surface area contributed by atoms with Gasteiger partial charge >= 0.3 is 8.25 Å². The van der Waals surface area contributed by atoms with Crippen LogP contribution in [0.25, 0.3) is 0 Å². The molecule has 2 unspecified atom stereocenters. The highest BCUT2D eigenvalue weighted by Crippen LogP contribution is 2.37. The maximum absolute atomic E-state index is 12.2. The van der Waals surface area contributed by atoms with Gasteiger partial charge in [0.1, 0.15) is 12.2 Å². The van der Waals surface area contributed by atoms with Crippen LogP contribution in [-0.2, 0) is 4.57 Å². The highest BCUT2D eigenvalue weighted by molar-refractivity contribution is 7.34. The van der Waals surface area contributed by atoms with E-state index in [1.165, 1.54) is 12.2 Å². The molecule has 0 heterocycles. The Labute approximate surface area is 141 Å². The fourth-order valence-electron chi connectivity index (χ4n) is 2.05. The Morgan fingerprint density at radius 2 is 1.21 bits per heavy atom. The first-order valence-electron chi connectivity index (χ1n) is 7.19. The monoisotopic (exact) mass is 345 g/mol. The third-order valence-electron chi connectivity index (χ3n) is 3.27. The van der Waals surface area contributed by atoms with E-state index in [1.54, 1.807) is 48.5 Å². The van der Waals surface area contributed by atoms with Crippen LogP contribution in [0.2, 0.25) is 0 Å². The molecule has 0 saturated heterocycles. The fourth-order valence-corrected chi connectivity index (χ4v) is 2.74. The Morgan fingerprint density at radius 1 is 0.833 bits per heavy atom. The Kier molecular flexibility index (Phi) is 6.27. The molecule has 0 bridgehead atoms. The summed E-state index contributed by atoms with van der Waals surface area (Å²) in [4.78, 5) is 0. The van der Waals surface area contributed by atoms with Gasteiger partial charge in [0.15, 0.2) is 11.5 Å². The van der Waals surface area contributed by atoms with Crippen LogP contribution >= 0.6 is 8.25 Å². The van der Waals surface area contributed by atoms with Crippen LogP contribution in [0.3, 0.4) is 0 Å². The van der Waals surface area contributed by atoms with E-state index in [2.05, 4.69) is 13.2 Å². The van der Waals surface area contributed by atoms with Crippen LogP contribution in [0.1, 0.15) is 23.3 Å². The summed E-state index contributed by atoms with van der Waals surface area (Å²) in [6.45, 7) is 7.04. The second-order valence-corrected chi connectivity index (χ2v) is 5.66. The van der Waals surface area contributed by atoms with Crippen molar-refractivity contribution in [3.63, 3.8) is 0 Å². The molecule has 2 rings (SSSR count). The minimum Gasteiger partial charge on any atom is -0.384 e. The Bertz CT molecular complexity index is 682. The van der Waals surface area contributed by atoms with Gasteiger partial charge < -0.3 is 10.2 Å². The van der Waals surface area contributed by atoms with Crippen molar-refractivity contribution in [3.05, 3.63) is 85.0 Å². The van der Waals surface area contributed by atoms with Crippen LogP contribution < -0.4 is 9.05 Å². The summed E-state index contributed by atoms with van der Waals surface area (Å²) in [5, 5.41) is 19.8. The number of benzene rings is 2. The Morgan fingerprint density at radius 3 is 1.58 bits per heavy atom. The molecule has 5 nitrogen and oxygen atoms in total. The van der Waals surface area contributed by atoms with Gasteiger partial charge in [0.05, 0.1) is 0 Å². The summed E-state index contributed by atoms with van der Waals surface area (Å²) in [5.41, 5.74) is 0.859. The quantitative estimate of drug-likeness (QED) is 0.553. The van der Waals surface area contributed by atoms with Gasteiger partial charge in [-0.25, -0.2) is 9.05 Å². The molecule has 124 valence electrons. The van der Waals surface area contributed by atoms with Gasteiger partial charge in [-0.2, -0.15) is 0 Å². The molecule has 6 heteroatoms. The molecular weight excluding hydrogens is 327 g/mol. The standard InChI is InChI=1S/C18H18O5P/c1-3-15(19)13-9-5-7-11-17(13)22-24(21)23-18-12-8-6-10-14(18)16(20)4-2/h3-12,15-16,19-20H,1-2H2/q+1. The highest BCUT2D eigenvalue weighted by atomic mass is 31.1. The van der Waals surface area contributed by atoms with E-state index in [9.17, 15) is 14.8 Å². The zero-order valence-electron chi connectivity index (χ0n) is 12.9. The molecule has 0 saturated carbocycles. The predicted octanol–water partition coefficient (Wildman–Crippen LogP) is 4.24. The molecule has 24 heavy (non-hydrogen) atoms. The molecule has 2 N–H and O–H groups in total. The molecule has 0 aromatic heterocycles. The Balaban J connectivity index is 2.18. The van der Waals surface area contributed by atoms with E-state index < -0.39 is 20.5 Å². The van der Waals surface area contributed by atoms with Crippen molar-refractivity contribution in [2.75, 3.05) is 0 Å². The molecule has 0 aliphatic heterocycles. The lowest BCUT2D eigenvalue weighted by Crippen LogP contribution is -2.00. The lowest BCUT2D eigenvalue weighted by Gasteiger charge is -2.08. The first kappa shape index (κ1) is 17.9. The predicted molar refractivity (Wildman–Crippen MR) is 92.1 cm³/mol. The highest BCUT2D eigenvalue weighted by Gasteiger charge is 2.28. The summed E-state index contributed by atoms with van der Waals surface area (Å²) >= 11 is 0. The summed E-state index contributed by atoms with van der Waals surface area (Å²) in [7, 11) is -2.57. The second kappa shape index (κ2) is 8.41. The van der Waals surface area contributed by atoms with E-state index >= 15 is 0 Å². The normalized spacial score (nSPS) is 13.5. The zero-order chi connectivity index (χ0) is 17.5. The van der Waals surface area contributed by atoms with Crippen LogP contribution in [0.4, 0.5) is 0 Å². The van der Waals surface area contributed by atoms with Gasteiger partial charge in [0.2, 0.25) is 0 Å².